The molecule has 0 radical (unpaired) electrons. The molecule has 2 rings (SSSR count). The van der Waals surface area contributed by atoms with Gasteiger partial charge in [-0.05, 0) is 42.6 Å². The van der Waals surface area contributed by atoms with Gasteiger partial charge in [0.2, 0.25) is 5.91 Å². The highest BCUT2D eigenvalue weighted by atomic mass is 32.2. The number of thiophene rings is 1. The second-order valence-electron chi connectivity index (χ2n) is 3.90. The molecule has 0 atom stereocenters. The fourth-order valence-corrected chi connectivity index (χ4v) is 3.05. The topological polar surface area (TPSA) is 46.2 Å². The molecule has 0 aliphatic carbocycles. The lowest BCUT2D eigenvalue weighted by atomic mass is 10.1. The Morgan fingerprint density at radius 3 is 2.53 bits per heavy atom. The Hall–Kier alpha value is -1.59. The molecule has 1 aromatic carbocycles. The lowest BCUT2D eigenvalue weighted by Crippen LogP contribution is -2.13. The standard InChI is InChI=1S/C14H13NO2S2/c1-10(16)11-4-6-12(7-5-11)15-13(17)9-19-14-3-2-8-18-14/h2-8H,9H2,1H3,(H,15,17). The van der Waals surface area contributed by atoms with Crippen LogP contribution in [-0.2, 0) is 4.79 Å². The van der Waals surface area contributed by atoms with E-state index in [1.54, 1.807) is 35.6 Å². The zero-order valence-electron chi connectivity index (χ0n) is 10.4. The van der Waals surface area contributed by atoms with E-state index in [2.05, 4.69) is 5.32 Å². The summed E-state index contributed by atoms with van der Waals surface area (Å²) in [5, 5.41) is 4.79. The first-order chi connectivity index (χ1) is 9.15. The third kappa shape index (κ3) is 4.22. The highest BCUT2D eigenvalue weighted by Crippen LogP contribution is 2.23. The summed E-state index contributed by atoms with van der Waals surface area (Å²) in [6, 6.07) is 10.9. The summed E-state index contributed by atoms with van der Waals surface area (Å²) in [6.07, 6.45) is 0. The van der Waals surface area contributed by atoms with Gasteiger partial charge in [-0.15, -0.1) is 23.1 Å². The van der Waals surface area contributed by atoms with Gasteiger partial charge in [0, 0.05) is 11.3 Å². The third-order valence-corrected chi connectivity index (χ3v) is 4.55. The smallest absolute Gasteiger partial charge is 0.234 e. The van der Waals surface area contributed by atoms with Crippen molar-refractivity contribution in [2.24, 2.45) is 0 Å². The monoisotopic (exact) mass is 291 g/mol. The highest BCUT2D eigenvalue weighted by Gasteiger charge is 2.05. The molecule has 5 heteroatoms. The third-order valence-electron chi connectivity index (χ3n) is 2.42. The number of carbonyl (C=O) groups is 2. The van der Waals surface area contributed by atoms with Gasteiger partial charge in [-0.3, -0.25) is 9.59 Å². The van der Waals surface area contributed by atoms with Gasteiger partial charge in [-0.25, -0.2) is 0 Å². The lowest BCUT2D eigenvalue weighted by molar-refractivity contribution is -0.113. The van der Waals surface area contributed by atoms with Crippen molar-refractivity contribution in [2.75, 3.05) is 11.1 Å². The van der Waals surface area contributed by atoms with Gasteiger partial charge >= 0.3 is 0 Å². The van der Waals surface area contributed by atoms with E-state index in [-0.39, 0.29) is 11.7 Å². The highest BCUT2D eigenvalue weighted by molar-refractivity contribution is 8.01. The second kappa shape index (κ2) is 6.54. The maximum atomic E-state index is 11.7. The van der Waals surface area contributed by atoms with Crippen LogP contribution in [0.25, 0.3) is 0 Å². The van der Waals surface area contributed by atoms with Crippen LogP contribution in [0.5, 0.6) is 0 Å². The lowest BCUT2D eigenvalue weighted by Gasteiger charge is -2.05. The molecule has 98 valence electrons. The van der Waals surface area contributed by atoms with Crippen LogP contribution in [-0.4, -0.2) is 17.4 Å². The van der Waals surface area contributed by atoms with E-state index in [9.17, 15) is 9.59 Å². The van der Waals surface area contributed by atoms with Gasteiger partial charge in [0.15, 0.2) is 5.78 Å². The minimum Gasteiger partial charge on any atom is -0.325 e. The molecule has 0 bridgehead atoms. The van der Waals surface area contributed by atoms with Crippen LogP contribution >= 0.6 is 23.1 Å². The molecule has 0 spiro atoms. The van der Waals surface area contributed by atoms with Gasteiger partial charge in [0.1, 0.15) is 0 Å². The summed E-state index contributed by atoms with van der Waals surface area (Å²) in [5.41, 5.74) is 1.35. The second-order valence-corrected chi connectivity index (χ2v) is 6.13. The first-order valence-electron chi connectivity index (χ1n) is 5.72. The summed E-state index contributed by atoms with van der Waals surface area (Å²) in [6.45, 7) is 1.52. The number of anilines is 1. The molecule has 1 N–H and O–H groups in total. The van der Waals surface area contributed by atoms with E-state index in [0.29, 0.717) is 17.0 Å². The number of hydrogen-bond donors (Lipinski definition) is 1. The van der Waals surface area contributed by atoms with Crippen molar-refractivity contribution in [1.29, 1.82) is 0 Å². The minimum absolute atomic E-state index is 0.0196. The molecule has 0 unspecified atom stereocenters. The molecule has 0 saturated carbocycles. The van der Waals surface area contributed by atoms with Crippen LogP contribution in [0.2, 0.25) is 0 Å². The van der Waals surface area contributed by atoms with Crippen molar-refractivity contribution in [2.45, 2.75) is 11.1 Å². The van der Waals surface area contributed by atoms with E-state index in [0.717, 1.165) is 4.21 Å². The van der Waals surface area contributed by atoms with Crippen LogP contribution in [0.4, 0.5) is 5.69 Å². The Balaban J connectivity index is 1.86. The Kier molecular flexibility index (Phi) is 4.76. The van der Waals surface area contributed by atoms with Gasteiger partial charge in [-0.1, -0.05) is 6.07 Å². The van der Waals surface area contributed by atoms with Gasteiger partial charge in [0.25, 0.3) is 0 Å². The molecule has 0 fully saturated rings. The molecular weight excluding hydrogens is 278 g/mol. The van der Waals surface area contributed by atoms with Gasteiger partial charge < -0.3 is 5.32 Å². The summed E-state index contributed by atoms with van der Waals surface area (Å²) in [5.74, 6) is 0.356. The largest absolute Gasteiger partial charge is 0.325 e. The van der Waals surface area contributed by atoms with Crippen LogP contribution in [0.3, 0.4) is 0 Å². The molecule has 3 nitrogen and oxygen atoms in total. The molecule has 0 aliphatic rings. The normalized spacial score (nSPS) is 10.2. The fourth-order valence-electron chi connectivity index (χ4n) is 1.47. The number of ketones is 1. The Labute approximate surface area is 120 Å². The average Bonchev–Trinajstić information content (AvgIpc) is 2.90. The van der Waals surface area contributed by atoms with Crippen LogP contribution in [0, 0.1) is 0 Å². The van der Waals surface area contributed by atoms with Crippen LogP contribution in [0.15, 0.2) is 46.0 Å². The van der Waals surface area contributed by atoms with Crippen molar-refractivity contribution < 1.29 is 9.59 Å². The van der Waals surface area contributed by atoms with Crippen molar-refractivity contribution in [3.63, 3.8) is 0 Å². The quantitative estimate of drug-likeness (QED) is 0.675. The predicted octanol–water partition coefficient (Wildman–Crippen LogP) is 3.68. The van der Waals surface area contributed by atoms with Crippen molar-refractivity contribution in [1.82, 2.24) is 0 Å². The average molecular weight is 291 g/mol. The maximum absolute atomic E-state index is 11.7. The predicted molar refractivity (Wildman–Crippen MR) is 80.1 cm³/mol. The van der Waals surface area contributed by atoms with Crippen molar-refractivity contribution in [3.8, 4) is 0 Å². The Morgan fingerprint density at radius 2 is 1.95 bits per heavy atom. The van der Waals surface area contributed by atoms with E-state index in [1.807, 2.05) is 17.5 Å². The van der Waals surface area contributed by atoms with Gasteiger partial charge in [-0.2, -0.15) is 0 Å². The van der Waals surface area contributed by atoms with E-state index in [1.165, 1.54) is 18.7 Å². The number of hydrogen-bond acceptors (Lipinski definition) is 4. The molecule has 19 heavy (non-hydrogen) atoms. The zero-order chi connectivity index (χ0) is 13.7. The Bertz CT molecular complexity index is 562. The Morgan fingerprint density at radius 1 is 1.21 bits per heavy atom. The molecule has 0 saturated heterocycles. The first-order valence-corrected chi connectivity index (χ1v) is 7.59. The van der Waals surface area contributed by atoms with E-state index in [4.69, 9.17) is 0 Å². The number of benzene rings is 1. The first kappa shape index (κ1) is 13.8. The summed E-state index contributed by atoms with van der Waals surface area (Å²) >= 11 is 3.14. The van der Waals surface area contributed by atoms with Crippen molar-refractivity contribution in [3.05, 3.63) is 47.3 Å². The molecule has 1 amide bonds. The zero-order valence-corrected chi connectivity index (χ0v) is 12.0. The van der Waals surface area contributed by atoms with Crippen LogP contribution in [0.1, 0.15) is 17.3 Å². The summed E-state index contributed by atoms with van der Waals surface area (Å²) in [4.78, 5) is 22.9. The summed E-state index contributed by atoms with van der Waals surface area (Å²) < 4.78 is 1.13. The van der Waals surface area contributed by atoms with E-state index < -0.39 is 0 Å². The number of thioether (sulfide) groups is 1. The molecular formula is C14H13NO2S2. The maximum Gasteiger partial charge on any atom is 0.234 e. The fraction of sp³-hybridized carbons (Fsp3) is 0.143. The number of nitrogens with one attached hydrogen (secondary N) is 1. The van der Waals surface area contributed by atoms with Crippen molar-refractivity contribution >= 4 is 40.5 Å². The minimum atomic E-state index is -0.0472. The number of amides is 1. The number of Topliss-reactive ketones (excluding diaryl/α,β-unsaturated/α-hetero) is 1. The SMILES string of the molecule is CC(=O)c1ccc(NC(=O)CSc2cccs2)cc1. The number of carbonyl (C=O) groups excluding carboxylic acids is 2. The number of rotatable bonds is 5. The van der Waals surface area contributed by atoms with E-state index >= 15 is 0 Å². The molecule has 0 aliphatic heterocycles. The molecule has 2 aromatic rings. The van der Waals surface area contributed by atoms with Crippen LogP contribution < -0.4 is 5.32 Å². The summed E-state index contributed by atoms with van der Waals surface area (Å²) in [7, 11) is 0. The van der Waals surface area contributed by atoms with Gasteiger partial charge in [0.05, 0.1) is 9.96 Å². The molecule has 1 aromatic heterocycles. The molecule has 1 heterocycles.